The molecule has 0 bridgehead atoms. The van der Waals surface area contributed by atoms with Crippen LogP contribution in [0.5, 0.6) is 23.0 Å². The van der Waals surface area contributed by atoms with Crippen molar-refractivity contribution in [3.05, 3.63) is 48.0 Å². The fraction of sp³-hybridized carbons (Fsp3) is 0.409. The minimum Gasteiger partial charge on any atom is -0.486 e. The van der Waals surface area contributed by atoms with Gasteiger partial charge in [0.05, 0.1) is 0 Å². The van der Waals surface area contributed by atoms with Crippen molar-refractivity contribution in [1.29, 1.82) is 0 Å². The van der Waals surface area contributed by atoms with Gasteiger partial charge in [-0.05, 0) is 35.7 Å². The van der Waals surface area contributed by atoms with Crippen LogP contribution in [0.3, 0.4) is 0 Å². The van der Waals surface area contributed by atoms with Crippen molar-refractivity contribution in [2.75, 3.05) is 26.4 Å². The lowest BCUT2D eigenvalue weighted by molar-refractivity contribution is -0.142. The predicted octanol–water partition coefficient (Wildman–Crippen LogP) is 3.28. The van der Waals surface area contributed by atoms with Crippen LogP contribution in [0.25, 0.3) is 0 Å². The van der Waals surface area contributed by atoms with Crippen molar-refractivity contribution in [3.63, 3.8) is 0 Å². The molecule has 2 aliphatic heterocycles. The van der Waals surface area contributed by atoms with E-state index in [2.05, 4.69) is 13.8 Å². The Balaban J connectivity index is 1.50. The molecule has 4 rings (SSSR count). The highest BCUT2D eigenvalue weighted by Crippen LogP contribution is 2.33. The summed E-state index contributed by atoms with van der Waals surface area (Å²) in [7, 11) is 0. The first-order valence-corrected chi connectivity index (χ1v) is 9.66. The molecule has 1 amide bonds. The van der Waals surface area contributed by atoms with Gasteiger partial charge in [-0.3, -0.25) is 4.79 Å². The van der Waals surface area contributed by atoms with Gasteiger partial charge in [0.1, 0.15) is 19.8 Å². The third-order valence-corrected chi connectivity index (χ3v) is 4.66. The Morgan fingerprint density at radius 2 is 1.71 bits per heavy atom. The summed E-state index contributed by atoms with van der Waals surface area (Å²) in [6, 6.07) is 13.2. The second-order valence-corrected chi connectivity index (χ2v) is 7.45. The molecule has 6 heteroatoms. The summed E-state index contributed by atoms with van der Waals surface area (Å²) in [5.41, 5.74) is 0.996. The Bertz CT molecular complexity index is 851. The zero-order chi connectivity index (χ0) is 19.5. The van der Waals surface area contributed by atoms with Crippen LogP contribution in [0.4, 0.5) is 0 Å². The molecule has 2 aromatic rings. The summed E-state index contributed by atoms with van der Waals surface area (Å²) in [6.45, 7) is 6.62. The van der Waals surface area contributed by atoms with Gasteiger partial charge in [0.15, 0.2) is 23.0 Å². The summed E-state index contributed by atoms with van der Waals surface area (Å²) in [5.74, 6) is 3.02. The van der Waals surface area contributed by atoms with Crippen LogP contribution in [0.1, 0.15) is 19.4 Å². The number of ether oxygens (including phenoxy) is 4. The van der Waals surface area contributed by atoms with Crippen LogP contribution in [0.2, 0.25) is 0 Å². The number of hydrogen-bond acceptors (Lipinski definition) is 5. The van der Waals surface area contributed by atoms with Crippen molar-refractivity contribution >= 4 is 5.91 Å². The van der Waals surface area contributed by atoms with E-state index in [0.717, 1.165) is 17.1 Å². The molecular weight excluding hydrogens is 358 g/mol. The second kappa shape index (κ2) is 8.00. The Morgan fingerprint density at radius 1 is 1.00 bits per heavy atom. The second-order valence-electron chi connectivity index (χ2n) is 7.45. The van der Waals surface area contributed by atoms with Gasteiger partial charge in [0.25, 0.3) is 5.91 Å². The smallest absolute Gasteiger partial charge is 0.267 e. The lowest BCUT2D eigenvalue weighted by atomic mass is 10.1. The molecule has 0 saturated carbocycles. The van der Waals surface area contributed by atoms with Gasteiger partial charge in [-0.2, -0.15) is 0 Å². The Kier molecular flexibility index (Phi) is 5.28. The molecule has 0 saturated heterocycles. The fourth-order valence-corrected chi connectivity index (χ4v) is 3.42. The Hall–Kier alpha value is -2.89. The van der Waals surface area contributed by atoms with Gasteiger partial charge >= 0.3 is 0 Å². The van der Waals surface area contributed by atoms with Gasteiger partial charge in [0, 0.05) is 13.1 Å². The van der Waals surface area contributed by atoms with Crippen molar-refractivity contribution in [1.82, 2.24) is 4.90 Å². The third kappa shape index (κ3) is 4.01. The molecule has 0 spiro atoms. The van der Waals surface area contributed by atoms with Crippen molar-refractivity contribution in [2.24, 2.45) is 5.92 Å². The highest BCUT2D eigenvalue weighted by atomic mass is 16.6. The normalized spacial score (nSPS) is 17.3. The topological polar surface area (TPSA) is 57.2 Å². The average molecular weight is 383 g/mol. The summed E-state index contributed by atoms with van der Waals surface area (Å²) >= 11 is 0. The number of para-hydroxylation sites is 2. The molecule has 2 aliphatic rings. The summed E-state index contributed by atoms with van der Waals surface area (Å²) < 4.78 is 22.9. The number of carbonyl (C=O) groups is 1. The van der Waals surface area contributed by atoms with E-state index in [0.29, 0.717) is 43.7 Å². The van der Waals surface area contributed by atoms with Crippen LogP contribution in [-0.4, -0.2) is 43.3 Å². The van der Waals surface area contributed by atoms with Crippen molar-refractivity contribution < 1.29 is 23.7 Å². The number of nitrogens with zero attached hydrogens (tertiary/aromatic N) is 1. The van der Waals surface area contributed by atoms with Gasteiger partial charge < -0.3 is 23.8 Å². The van der Waals surface area contributed by atoms with E-state index in [1.54, 1.807) is 0 Å². The maximum Gasteiger partial charge on any atom is 0.267 e. The predicted molar refractivity (Wildman–Crippen MR) is 104 cm³/mol. The van der Waals surface area contributed by atoms with Gasteiger partial charge in [0.2, 0.25) is 6.10 Å². The first kappa shape index (κ1) is 18.5. The summed E-state index contributed by atoms with van der Waals surface area (Å²) in [4.78, 5) is 15.0. The molecule has 0 N–H and O–H groups in total. The minimum absolute atomic E-state index is 0.0712. The number of benzene rings is 2. The Labute approximate surface area is 165 Å². The van der Waals surface area contributed by atoms with Crippen LogP contribution in [0, 0.1) is 5.92 Å². The fourth-order valence-electron chi connectivity index (χ4n) is 3.42. The first-order chi connectivity index (χ1) is 13.6. The number of fused-ring (bicyclic) bond motifs is 2. The largest absolute Gasteiger partial charge is 0.486 e. The maximum atomic E-state index is 13.2. The first-order valence-electron chi connectivity index (χ1n) is 9.66. The summed E-state index contributed by atoms with van der Waals surface area (Å²) in [6.07, 6.45) is -0.647. The van der Waals surface area contributed by atoms with E-state index in [4.69, 9.17) is 18.9 Å². The lowest BCUT2D eigenvalue weighted by Gasteiger charge is -2.32. The molecule has 6 nitrogen and oxygen atoms in total. The van der Waals surface area contributed by atoms with Gasteiger partial charge in [-0.1, -0.05) is 32.0 Å². The molecule has 0 aliphatic carbocycles. The molecule has 0 aromatic heterocycles. The van der Waals surface area contributed by atoms with E-state index in [-0.39, 0.29) is 12.5 Å². The standard InChI is InChI=1S/C22H25NO5/c1-15(2)12-23(13-16-7-8-18-20(11-16)26-10-9-25-18)22(24)21-14-27-17-5-3-4-6-19(17)28-21/h3-8,11,15,21H,9-10,12-14H2,1-2H3. The van der Waals surface area contributed by atoms with E-state index in [1.165, 1.54) is 0 Å². The van der Waals surface area contributed by atoms with E-state index >= 15 is 0 Å². The van der Waals surface area contributed by atoms with Crippen LogP contribution >= 0.6 is 0 Å². The molecule has 1 unspecified atom stereocenters. The zero-order valence-corrected chi connectivity index (χ0v) is 16.2. The monoisotopic (exact) mass is 383 g/mol. The molecule has 148 valence electrons. The van der Waals surface area contributed by atoms with Gasteiger partial charge in [-0.25, -0.2) is 0 Å². The number of amides is 1. The number of hydrogen-bond donors (Lipinski definition) is 0. The average Bonchev–Trinajstić information content (AvgIpc) is 2.72. The molecule has 2 aromatic carbocycles. The summed E-state index contributed by atoms with van der Waals surface area (Å²) in [5, 5.41) is 0. The molecule has 0 fully saturated rings. The quantitative estimate of drug-likeness (QED) is 0.793. The number of rotatable bonds is 5. The third-order valence-electron chi connectivity index (χ3n) is 4.66. The minimum atomic E-state index is -0.647. The molecule has 1 atom stereocenters. The van der Waals surface area contributed by atoms with Crippen LogP contribution in [0.15, 0.2) is 42.5 Å². The Morgan fingerprint density at radius 3 is 2.50 bits per heavy atom. The number of carbonyl (C=O) groups excluding carboxylic acids is 1. The zero-order valence-electron chi connectivity index (χ0n) is 16.2. The lowest BCUT2D eigenvalue weighted by Crippen LogP contribution is -2.47. The van der Waals surface area contributed by atoms with Crippen molar-refractivity contribution in [2.45, 2.75) is 26.5 Å². The van der Waals surface area contributed by atoms with Gasteiger partial charge in [-0.15, -0.1) is 0 Å². The van der Waals surface area contributed by atoms with Crippen LogP contribution in [-0.2, 0) is 11.3 Å². The molecule has 2 heterocycles. The highest BCUT2D eigenvalue weighted by Gasteiger charge is 2.31. The molecule has 28 heavy (non-hydrogen) atoms. The maximum absolute atomic E-state index is 13.2. The van der Waals surface area contributed by atoms with E-state index in [1.807, 2.05) is 47.4 Å². The van der Waals surface area contributed by atoms with Crippen molar-refractivity contribution in [3.8, 4) is 23.0 Å². The SMILES string of the molecule is CC(C)CN(Cc1ccc2c(c1)OCCO2)C(=O)C1COc2ccccc2O1. The van der Waals surface area contributed by atoms with E-state index < -0.39 is 6.10 Å². The van der Waals surface area contributed by atoms with E-state index in [9.17, 15) is 4.79 Å². The molecule has 0 radical (unpaired) electrons. The highest BCUT2D eigenvalue weighted by molar-refractivity contribution is 5.82. The molecular formula is C22H25NO5. The van der Waals surface area contributed by atoms with Crippen LogP contribution < -0.4 is 18.9 Å².